The number of rotatable bonds is 9. The quantitative estimate of drug-likeness (QED) is 0.421. The Kier molecular flexibility index (Phi) is 7.97. The van der Waals surface area contributed by atoms with Gasteiger partial charge >= 0.3 is 0 Å². The zero-order chi connectivity index (χ0) is 27.6. The third kappa shape index (κ3) is 5.41. The molecule has 39 heavy (non-hydrogen) atoms. The molecule has 0 bridgehead atoms. The Bertz CT molecular complexity index is 1380. The number of morpholine rings is 1. The zero-order valence-corrected chi connectivity index (χ0v) is 22.3. The van der Waals surface area contributed by atoms with E-state index in [1.54, 1.807) is 48.5 Å². The van der Waals surface area contributed by atoms with Crippen LogP contribution in [0.3, 0.4) is 0 Å². The van der Waals surface area contributed by atoms with E-state index in [0.717, 1.165) is 0 Å². The van der Waals surface area contributed by atoms with Crippen molar-refractivity contribution in [3.8, 4) is 0 Å². The molecule has 2 aliphatic heterocycles. The van der Waals surface area contributed by atoms with Gasteiger partial charge in [-0.15, -0.1) is 0 Å². The third-order valence-corrected chi connectivity index (χ3v) is 7.34. The summed E-state index contributed by atoms with van der Waals surface area (Å²) < 4.78 is 5.09. The van der Waals surface area contributed by atoms with Crippen LogP contribution in [0, 0.1) is 0 Å². The van der Waals surface area contributed by atoms with Crippen LogP contribution in [0.25, 0.3) is 0 Å². The number of ether oxygens (including phenoxy) is 1. The normalized spacial score (nSPS) is 19.8. The molecule has 0 aliphatic carbocycles. The minimum Gasteiger partial charge on any atom is -0.383 e. The van der Waals surface area contributed by atoms with Gasteiger partial charge in [-0.1, -0.05) is 53.5 Å². The predicted octanol–water partition coefficient (Wildman–Crippen LogP) is 3.05. The van der Waals surface area contributed by atoms with Gasteiger partial charge in [0.15, 0.2) is 5.78 Å². The van der Waals surface area contributed by atoms with Gasteiger partial charge < -0.3 is 14.7 Å². The molecular formula is C28H25Cl2N3O6. The molecule has 3 heterocycles. The van der Waals surface area contributed by atoms with Crippen LogP contribution >= 0.6 is 23.2 Å². The number of β-amino-alcohol motifs (C(OH)–C–C–N with tert-alkyl or cyclic N) is 1. The molecule has 11 heteroatoms. The number of halogens is 2. The Balaban J connectivity index is 1.48. The van der Waals surface area contributed by atoms with Crippen LogP contribution in [-0.2, 0) is 31.1 Å². The van der Waals surface area contributed by atoms with Gasteiger partial charge in [0.1, 0.15) is 24.9 Å². The van der Waals surface area contributed by atoms with Crippen molar-refractivity contribution in [2.45, 2.75) is 18.1 Å². The molecule has 0 spiro atoms. The van der Waals surface area contributed by atoms with E-state index in [1.165, 1.54) is 16.2 Å². The molecule has 1 unspecified atom stereocenters. The van der Waals surface area contributed by atoms with Crippen LogP contribution in [0.5, 0.6) is 0 Å². The van der Waals surface area contributed by atoms with Gasteiger partial charge in [-0.25, -0.2) is 5.06 Å². The molecule has 1 saturated heterocycles. The summed E-state index contributed by atoms with van der Waals surface area (Å²) in [5, 5.41) is 12.7. The number of benzene rings is 2. The summed E-state index contributed by atoms with van der Waals surface area (Å²) in [7, 11) is 0. The van der Waals surface area contributed by atoms with Crippen LogP contribution < -0.4 is 0 Å². The van der Waals surface area contributed by atoms with Crippen molar-refractivity contribution in [3.63, 3.8) is 0 Å². The van der Waals surface area contributed by atoms with Gasteiger partial charge in [0.2, 0.25) is 5.91 Å². The summed E-state index contributed by atoms with van der Waals surface area (Å²) in [6.07, 6.45) is 0.232. The number of nitrogens with zero attached hydrogens (tertiary/aromatic N) is 3. The number of hydrogen-bond donors (Lipinski definition) is 1. The molecule has 2 amide bonds. The number of fused-ring (bicyclic) bond motifs is 1. The van der Waals surface area contributed by atoms with E-state index in [9.17, 15) is 19.5 Å². The van der Waals surface area contributed by atoms with Crippen molar-refractivity contribution >= 4 is 40.8 Å². The molecule has 1 fully saturated rings. The lowest BCUT2D eigenvalue weighted by molar-refractivity contribution is -0.181. The molecule has 9 nitrogen and oxygen atoms in total. The van der Waals surface area contributed by atoms with Crippen molar-refractivity contribution in [3.05, 3.63) is 99.3 Å². The highest BCUT2D eigenvalue weighted by Crippen LogP contribution is 2.46. The Morgan fingerprint density at radius 3 is 2.54 bits per heavy atom. The van der Waals surface area contributed by atoms with Crippen molar-refractivity contribution in [1.29, 1.82) is 0 Å². The van der Waals surface area contributed by atoms with Crippen LogP contribution in [0.4, 0.5) is 0 Å². The highest BCUT2D eigenvalue weighted by atomic mass is 35.5. The number of carbonyl (C=O) groups is 3. The molecule has 0 saturated carbocycles. The van der Waals surface area contributed by atoms with E-state index in [-0.39, 0.29) is 32.0 Å². The van der Waals surface area contributed by atoms with E-state index >= 15 is 0 Å². The Morgan fingerprint density at radius 1 is 1.08 bits per heavy atom. The van der Waals surface area contributed by atoms with E-state index in [4.69, 9.17) is 32.8 Å². The second-order valence-corrected chi connectivity index (χ2v) is 10.2. The van der Waals surface area contributed by atoms with Gasteiger partial charge in [0.05, 0.1) is 18.2 Å². The maximum Gasteiger partial charge on any atom is 0.279 e. The summed E-state index contributed by atoms with van der Waals surface area (Å²) in [5.41, 5.74) is 1.19. The van der Waals surface area contributed by atoms with Crippen molar-refractivity contribution in [1.82, 2.24) is 14.9 Å². The molecular weight excluding hydrogens is 545 g/mol. The molecule has 0 radical (unpaired) electrons. The maximum absolute atomic E-state index is 13.7. The largest absolute Gasteiger partial charge is 0.383 e. The topological polar surface area (TPSA) is 109 Å². The minimum absolute atomic E-state index is 0.0969. The van der Waals surface area contributed by atoms with Crippen LogP contribution in [0.15, 0.2) is 66.9 Å². The van der Waals surface area contributed by atoms with Crippen molar-refractivity contribution < 1.29 is 29.1 Å². The number of aliphatic hydroxyl groups is 1. The first-order chi connectivity index (χ1) is 18.8. The average Bonchev–Trinajstić information content (AvgIpc) is 3.18. The molecule has 1 aromatic heterocycles. The number of carbonyl (C=O) groups excluding carboxylic acids is 3. The number of Topliss-reactive ketones (excluding diaryl/α,β-unsaturated/α-hetero) is 1. The number of aromatic nitrogens is 1. The summed E-state index contributed by atoms with van der Waals surface area (Å²) in [6.45, 7) is -0.275. The molecule has 202 valence electrons. The summed E-state index contributed by atoms with van der Waals surface area (Å²) in [5.74, 6) is -1.43. The van der Waals surface area contributed by atoms with Crippen LogP contribution in [-0.4, -0.2) is 76.7 Å². The Morgan fingerprint density at radius 2 is 1.82 bits per heavy atom. The Hall–Kier alpha value is -3.34. The van der Waals surface area contributed by atoms with Crippen molar-refractivity contribution in [2.75, 3.05) is 32.9 Å². The smallest absolute Gasteiger partial charge is 0.279 e. The number of hydrogen-bond acceptors (Lipinski definition) is 7. The molecule has 2 atom stereocenters. The van der Waals surface area contributed by atoms with Gasteiger partial charge in [-0.3, -0.25) is 24.2 Å². The number of amides is 2. The molecule has 1 N–H and O–H groups in total. The number of aliphatic hydroxyl groups excluding tert-OH is 1. The van der Waals surface area contributed by atoms with Gasteiger partial charge in [-0.2, -0.15) is 0 Å². The molecule has 3 aromatic rings. The minimum atomic E-state index is -1.49. The Labute approximate surface area is 234 Å². The lowest BCUT2D eigenvalue weighted by Gasteiger charge is -2.38. The lowest BCUT2D eigenvalue weighted by Crippen LogP contribution is -2.49. The molecule has 5 rings (SSSR count). The average molecular weight is 570 g/mol. The molecule has 2 aromatic carbocycles. The fraction of sp³-hybridized carbons (Fsp3) is 0.286. The third-order valence-electron chi connectivity index (χ3n) is 6.87. The van der Waals surface area contributed by atoms with Gasteiger partial charge in [-0.05, 0) is 41.5 Å². The maximum atomic E-state index is 13.7. The number of pyridine rings is 1. The summed E-state index contributed by atoms with van der Waals surface area (Å²) in [6, 6.07) is 17.6. The first kappa shape index (κ1) is 27.2. The summed E-state index contributed by atoms with van der Waals surface area (Å²) >= 11 is 12.3. The van der Waals surface area contributed by atoms with E-state index in [2.05, 4.69) is 4.98 Å². The second kappa shape index (κ2) is 11.4. The van der Waals surface area contributed by atoms with Gasteiger partial charge in [0, 0.05) is 35.4 Å². The second-order valence-electron chi connectivity index (χ2n) is 9.30. The fourth-order valence-corrected chi connectivity index (χ4v) is 5.15. The van der Waals surface area contributed by atoms with E-state index < -0.39 is 29.9 Å². The predicted molar refractivity (Wildman–Crippen MR) is 142 cm³/mol. The number of ketones is 1. The standard InChI is InChI=1S/C28H25Cl2N3O6/c29-19-7-5-18(6-8-19)28(13-21-10-9-20(30)14-31-21)23-4-2-1-3-22(23)27(37)33(28)39-16-25(35)24(34)15-32-11-12-38-17-26(32)36/h1-10,14,24,34H,11-13,15-17H2/t24?,28-/m1/s1. The van der Waals surface area contributed by atoms with Crippen LogP contribution in [0.1, 0.15) is 27.2 Å². The monoisotopic (exact) mass is 569 g/mol. The first-order valence-corrected chi connectivity index (χ1v) is 13.0. The SMILES string of the molecule is O=C(CON1C(=O)c2ccccc2[C@@]1(Cc1ccc(Cl)cn1)c1ccc(Cl)cc1)C(O)CN1CCOCC1=O. The highest BCUT2D eigenvalue weighted by molar-refractivity contribution is 6.30. The van der Waals surface area contributed by atoms with Crippen LogP contribution in [0.2, 0.25) is 10.0 Å². The van der Waals surface area contributed by atoms with Crippen molar-refractivity contribution in [2.24, 2.45) is 0 Å². The van der Waals surface area contributed by atoms with E-state index in [1.807, 2.05) is 12.1 Å². The molecule has 2 aliphatic rings. The lowest BCUT2D eigenvalue weighted by atomic mass is 9.79. The van der Waals surface area contributed by atoms with E-state index in [0.29, 0.717) is 39.0 Å². The number of hydroxylamine groups is 2. The highest BCUT2D eigenvalue weighted by Gasteiger charge is 2.52. The van der Waals surface area contributed by atoms with Gasteiger partial charge in [0.25, 0.3) is 5.91 Å². The summed E-state index contributed by atoms with van der Waals surface area (Å²) in [4.78, 5) is 50.4. The first-order valence-electron chi connectivity index (χ1n) is 12.3. The zero-order valence-electron chi connectivity index (χ0n) is 20.8. The fourth-order valence-electron chi connectivity index (χ4n) is 4.91.